The summed E-state index contributed by atoms with van der Waals surface area (Å²) in [4.78, 5) is 12.0. The summed E-state index contributed by atoms with van der Waals surface area (Å²) in [6.45, 7) is 3.48. The van der Waals surface area contributed by atoms with Gasteiger partial charge in [-0.25, -0.2) is 0 Å². The van der Waals surface area contributed by atoms with Crippen molar-refractivity contribution in [2.24, 2.45) is 5.73 Å². The minimum Gasteiger partial charge on any atom is -0.330 e. The number of hydrogen-bond donors (Lipinski definition) is 1. The normalized spacial score (nSPS) is 11.1. The Bertz CT molecular complexity index is 671. The minimum absolute atomic E-state index is 0.0402. The molecule has 1 aromatic carbocycles. The Kier molecular flexibility index (Phi) is 5.52. The van der Waals surface area contributed by atoms with Gasteiger partial charge in [0.15, 0.2) is 0 Å². The van der Waals surface area contributed by atoms with Gasteiger partial charge in [-0.2, -0.15) is 0 Å². The molecule has 3 nitrogen and oxygen atoms in total. The molecule has 0 aliphatic heterocycles. The number of benzene rings is 1. The van der Waals surface area contributed by atoms with Crippen LogP contribution in [0.25, 0.3) is 12.2 Å². The zero-order valence-corrected chi connectivity index (χ0v) is 12.5. The van der Waals surface area contributed by atoms with Crippen molar-refractivity contribution < 1.29 is 0 Å². The van der Waals surface area contributed by atoms with Gasteiger partial charge in [-0.15, -0.1) is 0 Å². The number of pyridine rings is 1. The van der Waals surface area contributed by atoms with Crippen LogP contribution in [0, 0.1) is 6.92 Å². The smallest absolute Gasteiger partial charge is 0.251 e. The van der Waals surface area contributed by atoms with Crippen LogP contribution in [0.5, 0.6) is 0 Å². The molecule has 21 heavy (non-hydrogen) atoms. The molecule has 0 unspecified atom stereocenters. The average molecular weight is 282 g/mol. The van der Waals surface area contributed by atoms with E-state index < -0.39 is 0 Å². The highest BCUT2D eigenvalue weighted by atomic mass is 16.1. The second-order valence-corrected chi connectivity index (χ2v) is 5.23. The number of aryl methyl sites for hydroxylation is 2. The Hall–Kier alpha value is -2.13. The van der Waals surface area contributed by atoms with Crippen molar-refractivity contribution >= 4 is 12.2 Å². The zero-order chi connectivity index (χ0) is 15.1. The van der Waals surface area contributed by atoms with Crippen molar-refractivity contribution in [3.8, 4) is 0 Å². The van der Waals surface area contributed by atoms with Gasteiger partial charge < -0.3 is 10.3 Å². The summed E-state index contributed by atoms with van der Waals surface area (Å²) in [5.74, 6) is 0. The van der Waals surface area contributed by atoms with Crippen LogP contribution in [-0.2, 0) is 6.54 Å². The summed E-state index contributed by atoms with van der Waals surface area (Å²) in [6, 6.07) is 11.9. The molecule has 0 saturated heterocycles. The monoisotopic (exact) mass is 282 g/mol. The predicted octanol–water partition coefficient (Wildman–Crippen LogP) is 3.07. The van der Waals surface area contributed by atoms with E-state index in [-0.39, 0.29) is 5.56 Å². The summed E-state index contributed by atoms with van der Waals surface area (Å²) >= 11 is 0. The van der Waals surface area contributed by atoms with Gasteiger partial charge in [0.25, 0.3) is 5.56 Å². The van der Waals surface area contributed by atoms with E-state index in [1.807, 2.05) is 30.5 Å². The molecule has 2 N–H and O–H groups in total. The van der Waals surface area contributed by atoms with Crippen LogP contribution in [0.1, 0.15) is 29.5 Å². The first-order valence-electron chi connectivity index (χ1n) is 7.34. The van der Waals surface area contributed by atoms with E-state index in [0.717, 1.165) is 30.5 Å². The molecule has 0 saturated carbocycles. The number of nitrogens with two attached hydrogens (primary N) is 1. The number of hydrogen-bond acceptors (Lipinski definition) is 2. The Labute approximate surface area is 125 Å². The summed E-state index contributed by atoms with van der Waals surface area (Å²) in [5.41, 5.74) is 8.80. The van der Waals surface area contributed by atoms with E-state index in [9.17, 15) is 4.79 Å². The molecule has 0 bridgehead atoms. The van der Waals surface area contributed by atoms with E-state index >= 15 is 0 Å². The first kappa shape index (κ1) is 15.3. The van der Waals surface area contributed by atoms with Gasteiger partial charge in [-0.1, -0.05) is 42.0 Å². The first-order chi connectivity index (χ1) is 10.2. The Morgan fingerprint density at radius 2 is 1.86 bits per heavy atom. The molecular formula is C18H22N2O. The Morgan fingerprint density at radius 1 is 1.10 bits per heavy atom. The van der Waals surface area contributed by atoms with E-state index in [1.54, 1.807) is 10.6 Å². The number of unbranched alkanes of at least 4 members (excludes halogenated alkanes) is 1. The van der Waals surface area contributed by atoms with Crippen molar-refractivity contribution in [1.82, 2.24) is 4.57 Å². The molecule has 1 heterocycles. The number of rotatable bonds is 6. The summed E-state index contributed by atoms with van der Waals surface area (Å²) in [7, 11) is 0. The maximum Gasteiger partial charge on any atom is 0.251 e. The fraction of sp³-hybridized carbons (Fsp3) is 0.278. The molecule has 110 valence electrons. The topological polar surface area (TPSA) is 48.0 Å². The van der Waals surface area contributed by atoms with Gasteiger partial charge in [-0.3, -0.25) is 4.79 Å². The van der Waals surface area contributed by atoms with Crippen LogP contribution in [-0.4, -0.2) is 11.1 Å². The van der Waals surface area contributed by atoms with E-state index in [2.05, 4.69) is 25.1 Å². The largest absolute Gasteiger partial charge is 0.330 e. The van der Waals surface area contributed by atoms with E-state index in [4.69, 9.17) is 5.73 Å². The van der Waals surface area contributed by atoms with Gasteiger partial charge in [0, 0.05) is 18.8 Å². The average Bonchev–Trinajstić information content (AvgIpc) is 2.47. The third-order valence-electron chi connectivity index (χ3n) is 3.38. The van der Waals surface area contributed by atoms with E-state index in [0.29, 0.717) is 6.54 Å². The highest BCUT2D eigenvalue weighted by Gasteiger charge is 1.97. The van der Waals surface area contributed by atoms with Gasteiger partial charge in [0.2, 0.25) is 0 Å². The second-order valence-electron chi connectivity index (χ2n) is 5.23. The number of aromatic nitrogens is 1. The molecule has 0 fully saturated rings. The molecule has 2 rings (SSSR count). The van der Waals surface area contributed by atoms with Gasteiger partial charge in [-0.05, 0) is 43.5 Å². The van der Waals surface area contributed by atoms with Gasteiger partial charge in [0.05, 0.1) is 0 Å². The molecule has 0 amide bonds. The molecule has 0 radical (unpaired) electrons. The fourth-order valence-corrected chi connectivity index (χ4v) is 2.20. The molecule has 3 heteroatoms. The highest BCUT2D eigenvalue weighted by molar-refractivity contribution is 5.69. The molecule has 0 aliphatic rings. The van der Waals surface area contributed by atoms with Crippen molar-refractivity contribution in [3.05, 3.63) is 69.6 Å². The molecular weight excluding hydrogens is 260 g/mol. The van der Waals surface area contributed by atoms with Crippen LogP contribution in [0.4, 0.5) is 0 Å². The van der Waals surface area contributed by atoms with Crippen molar-refractivity contribution in [2.75, 3.05) is 6.54 Å². The molecule has 0 spiro atoms. The lowest BCUT2D eigenvalue weighted by Gasteiger charge is -2.05. The standard InChI is InChI=1S/C18H22N2O/c1-15-5-4-6-16(13-15)7-8-17-9-12-20(18(21)14-17)11-3-2-10-19/h4-9,12-14H,2-3,10-11,19H2,1H3/b8-7+. The fourth-order valence-electron chi connectivity index (χ4n) is 2.20. The van der Waals surface area contributed by atoms with Gasteiger partial charge >= 0.3 is 0 Å². The molecule has 0 aliphatic carbocycles. The second kappa shape index (κ2) is 7.60. The number of nitrogens with zero attached hydrogens (tertiary/aromatic N) is 1. The highest BCUT2D eigenvalue weighted by Crippen LogP contribution is 2.09. The lowest BCUT2D eigenvalue weighted by atomic mass is 10.1. The van der Waals surface area contributed by atoms with Gasteiger partial charge in [0.1, 0.15) is 0 Å². The predicted molar refractivity (Wildman–Crippen MR) is 89.1 cm³/mol. The first-order valence-corrected chi connectivity index (χ1v) is 7.34. The minimum atomic E-state index is 0.0402. The SMILES string of the molecule is Cc1cccc(/C=C/c2ccn(CCCCN)c(=O)c2)c1. The molecule has 2 aromatic rings. The van der Waals surface area contributed by atoms with Crippen LogP contribution in [0.2, 0.25) is 0 Å². The third-order valence-corrected chi connectivity index (χ3v) is 3.38. The van der Waals surface area contributed by atoms with Crippen molar-refractivity contribution in [2.45, 2.75) is 26.3 Å². The Morgan fingerprint density at radius 3 is 2.52 bits per heavy atom. The lowest BCUT2D eigenvalue weighted by Crippen LogP contribution is -2.19. The third kappa shape index (κ3) is 4.72. The lowest BCUT2D eigenvalue weighted by molar-refractivity contribution is 0.598. The molecule has 0 atom stereocenters. The molecule has 1 aromatic heterocycles. The maximum atomic E-state index is 12.0. The van der Waals surface area contributed by atoms with Crippen LogP contribution < -0.4 is 11.3 Å². The Balaban J connectivity index is 2.08. The van der Waals surface area contributed by atoms with Crippen molar-refractivity contribution in [3.63, 3.8) is 0 Å². The summed E-state index contributed by atoms with van der Waals surface area (Å²) in [6.07, 6.45) is 7.74. The zero-order valence-electron chi connectivity index (χ0n) is 12.5. The van der Waals surface area contributed by atoms with Crippen LogP contribution >= 0.6 is 0 Å². The summed E-state index contributed by atoms with van der Waals surface area (Å²) < 4.78 is 1.74. The van der Waals surface area contributed by atoms with E-state index in [1.165, 1.54) is 5.56 Å². The summed E-state index contributed by atoms with van der Waals surface area (Å²) in [5, 5.41) is 0. The maximum absolute atomic E-state index is 12.0. The van der Waals surface area contributed by atoms with Crippen LogP contribution in [0.3, 0.4) is 0 Å². The van der Waals surface area contributed by atoms with Crippen molar-refractivity contribution in [1.29, 1.82) is 0 Å². The van der Waals surface area contributed by atoms with Crippen LogP contribution in [0.15, 0.2) is 47.4 Å². The quantitative estimate of drug-likeness (QED) is 0.828.